The van der Waals surface area contributed by atoms with Gasteiger partial charge in [0.25, 0.3) is 0 Å². The van der Waals surface area contributed by atoms with Crippen LogP contribution in [0.3, 0.4) is 0 Å². The van der Waals surface area contributed by atoms with Crippen LogP contribution in [0.25, 0.3) is 0 Å². The summed E-state index contributed by atoms with van der Waals surface area (Å²) in [6.07, 6.45) is 7.39. The van der Waals surface area contributed by atoms with Gasteiger partial charge in [0.15, 0.2) is 0 Å². The Labute approximate surface area is 60.7 Å². The van der Waals surface area contributed by atoms with Gasteiger partial charge in [0.2, 0.25) is 5.96 Å². The van der Waals surface area contributed by atoms with E-state index in [0.29, 0.717) is 0 Å². The van der Waals surface area contributed by atoms with Gasteiger partial charge in [-0.3, -0.25) is 0 Å². The third-order valence-corrected chi connectivity index (χ3v) is 1.13. The maximum atomic E-state index is 4.11. The van der Waals surface area contributed by atoms with Gasteiger partial charge in [0.1, 0.15) is 0 Å². The Bertz CT molecular complexity index is 189. The molecule has 0 unspecified atom stereocenters. The molecular formula is C7H11N3. The molecule has 1 heterocycles. The van der Waals surface area contributed by atoms with E-state index in [1.807, 2.05) is 37.3 Å². The van der Waals surface area contributed by atoms with Gasteiger partial charge >= 0.3 is 0 Å². The summed E-state index contributed by atoms with van der Waals surface area (Å²) in [4.78, 5) is 6.03. The molecule has 0 atom stereocenters. The molecule has 0 aromatic rings. The van der Waals surface area contributed by atoms with E-state index in [-0.39, 0.29) is 0 Å². The second kappa shape index (κ2) is 3.06. The van der Waals surface area contributed by atoms with Gasteiger partial charge in [-0.1, -0.05) is 0 Å². The molecule has 0 bridgehead atoms. The Hall–Kier alpha value is -1.25. The van der Waals surface area contributed by atoms with Gasteiger partial charge in [-0.25, -0.2) is 4.99 Å². The van der Waals surface area contributed by atoms with Gasteiger partial charge < -0.3 is 10.2 Å². The molecule has 3 heteroatoms. The monoisotopic (exact) mass is 137 g/mol. The average molecular weight is 137 g/mol. The number of hydrogen-bond acceptors (Lipinski definition) is 3. The third-order valence-electron chi connectivity index (χ3n) is 1.13. The van der Waals surface area contributed by atoms with Crippen molar-refractivity contribution >= 4 is 5.96 Å². The SMILES string of the molecule is CN(C)C1=NC=CC=CN1. The van der Waals surface area contributed by atoms with Gasteiger partial charge in [-0.2, -0.15) is 0 Å². The minimum absolute atomic E-state index is 0.852. The first-order valence-corrected chi connectivity index (χ1v) is 3.14. The zero-order valence-electron chi connectivity index (χ0n) is 6.20. The number of nitrogens with one attached hydrogen (secondary N) is 1. The first kappa shape index (κ1) is 6.86. The molecule has 3 nitrogen and oxygen atoms in total. The standard InChI is InChI=1S/C7H11N3/c1-10(2)7-8-5-3-4-6-9-7/h3-6H,1-2H3,(H,8,9). The lowest BCUT2D eigenvalue weighted by Gasteiger charge is -2.13. The van der Waals surface area contributed by atoms with Crippen molar-refractivity contribution < 1.29 is 0 Å². The van der Waals surface area contributed by atoms with Crippen LogP contribution in [0.5, 0.6) is 0 Å². The number of aliphatic imine (C=N–C) groups is 1. The van der Waals surface area contributed by atoms with E-state index < -0.39 is 0 Å². The van der Waals surface area contributed by atoms with Crippen molar-refractivity contribution in [2.75, 3.05) is 14.1 Å². The molecule has 0 aromatic carbocycles. The predicted octanol–water partition coefficient (Wildman–Crippen LogP) is 0.535. The second-order valence-corrected chi connectivity index (χ2v) is 2.19. The molecule has 0 spiro atoms. The fraction of sp³-hybridized carbons (Fsp3) is 0.286. The molecule has 0 radical (unpaired) electrons. The smallest absolute Gasteiger partial charge is 0.202 e. The lowest BCUT2D eigenvalue weighted by atomic mass is 10.6. The van der Waals surface area contributed by atoms with E-state index in [0.717, 1.165) is 5.96 Å². The van der Waals surface area contributed by atoms with Crippen molar-refractivity contribution in [1.29, 1.82) is 0 Å². The van der Waals surface area contributed by atoms with Crippen LogP contribution in [0, 0.1) is 0 Å². The largest absolute Gasteiger partial charge is 0.349 e. The molecule has 10 heavy (non-hydrogen) atoms. The van der Waals surface area contributed by atoms with Crippen molar-refractivity contribution in [3.8, 4) is 0 Å². The predicted molar refractivity (Wildman–Crippen MR) is 42.5 cm³/mol. The first-order valence-electron chi connectivity index (χ1n) is 3.14. The fourth-order valence-electron chi connectivity index (χ4n) is 0.623. The Morgan fingerprint density at radius 2 is 2.20 bits per heavy atom. The number of allylic oxidation sites excluding steroid dienone is 2. The van der Waals surface area contributed by atoms with Gasteiger partial charge in [-0.15, -0.1) is 0 Å². The molecular weight excluding hydrogens is 126 g/mol. The molecule has 0 aromatic heterocycles. The van der Waals surface area contributed by atoms with E-state index in [1.165, 1.54) is 0 Å². The van der Waals surface area contributed by atoms with Crippen LogP contribution in [-0.4, -0.2) is 25.0 Å². The van der Waals surface area contributed by atoms with Crippen LogP contribution in [0.4, 0.5) is 0 Å². The number of nitrogens with zero attached hydrogens (tertiary/aromatic N) is 2. The summed E-state index contributed by atoms with van der Waals surface area (Å²) in [5.41, 5.74) is 0. The van der Waals surface area contributed by atoms with Crippen molar-refractivity contribution in [2.24, 2.45) is 4.99 Å². The van der Waals surface area contributed by atoms with E-state index in [2.05, 4.69) is 10.3 Å². The maximum absolute atomic E-state index is 4.11. The van der Waals surface area contributed by atoms with Crippen LogP contribution in [0.2, 0.25) is 0 Å². The zero-order chi connectivity index (χ0) is 7.40. The highest BCUT2D eigenvalue weighted by Gasteiger charge is 1.96. The van der Waals surface area contributed by atoms with Crippen molar-refractivity contribution in [2.45, 2.75) is 0 Å². The molecule has 0 amide bonds. The zero-order valence-corrected chi connectivity index (χ0v) is 6.20. The Kier molecular flexibility index (Phi) is 2.10. The Morgan fingerprint density at radius 3 is 2.90 bits per heavy atom. The van der Waals surface area contributed by atoms with Gasteiger partial charge in [0.05, 0.1) is 0 Å². The molecule has 0 fully saturated rings. The molecule has 54 valence electrons. The highest BCUT2D eigenvalue weighted by atomic mass is 15.3. The summed E-state index contributed by atoms with van der Waals surface area (Å²) in [5.74, 6) is 0.852. The van der Waals surface area contributed by atoms with Crippen LogP contribution in [-0.2, 0) is 0 Å². The lowest BCUT2D eigenvalue weighted by Crippen LogP contribution is -2.32. The highest BCUT2D eigenvalue weighted by molar-refractivity contribution is 5.81. The van der Waals surface area contributed by atoms with E-state index in [4.69, 9.17) is 0 Å². The Morgan fingerprint density at radius 1 is 1.40 bits per heavy atom. The Balaban J connectivity index is 2.68. The van der Waals surface area contributed by atoms with E-state index >= 15 is 0 Å². The van der Waals surface area contributed by atoms with E-state index in [1.54, 1.807) is 6.20 Å². The summed E-state index contributed by atoms with van der Waals surface area (Å²) >= 11 is 0. The molecule has 1 aliphatic rings. The number of guanidine groups is 1. The third kappa shape index (κ3) is 1.62. The molecule has 0 aliphatic carbocycles. The quantitative estimate of drug-likeness (QED) is 0.527. The van der Waals surface area contributed by atoms with Crippen LogP contribution < -0.4 is 5.32 Å². The van der Waals surface area contributed by atoms with E-state index in [9.17, 15) is 0 Å². The van der Waals surface area contributed by atoms with Crippen LogP contribution >= 0.6 is 0 Å². The van der Waals surface area contributed by atoms with Gasteiger partial charge in [-0.05, 0) is 12.2 Å². The molecule has 1 aliphatic heterocycles. The summed E-state index contributed by atoms with van der Waals surface area (Å²) < 4.78 is 0. The lowest BCUT2D eigenvalue weighted by molar-refractivity contribution is 0.602. The van der Waals surface area contributed by atoms with Crippen LogP contribution in [0.15, 0.2) is 29.5 Å². The average Bonchev–Trinajstić information content (AvgIpc) is 2.12. The molecule has 0 saturated carbocycles. The summed E-state index contributed by atoms with van der Waals surface area (Å²) in [6, 6.07) is 0. The minimum Gasteiger partial charge on any atom is -0.349 e. The molecule has 0 saturated heterocycles. The highest BCUT2D eigenvalue weighted by Crippen LogP contribution is 1.87. The van der Waals surface area contributed by atoms with Crippen molar-refractivity contribution in [1.82, 2.24) is 10.2 Å². The van der Waals surface area contributed by atoms with Gasteiger partial charge in [0, 0.05) is 26.5 Å². The summed E-state index contributed by atoms with van der Waals surface area (Å²) in [6.45, 7) is 0. The number of hydrogen-bond donors (Lipinski definition) is 1. The summed E-state index contributed by atoms with van der Waals surface area (Å²) in [7, 11) is 3.89. The topological polar surface area (TPSA) is 27.6 Å². The van der Waals surface area contributed by atoms with Crippen molar-refractivity contribution in [3.63, 3.8) is 0 Å². The molecule has 1 N–H and O–H groups in total. The van der Waals surface area contributed by atoms with Crippen molar-refractivity contribution in [3.05, 3.63) is 24.6 Å². The van der Waals surface area contributed by atoms with Crippen LogP contribution in [0.1, 0.15) is 0 Å². The first-order chi connectivity index (χ1) is 4.80. The minimum atomic E-state index is 0.852. The fourth-order valence-corrected chi connectivity index (χ4v) is 0.623. The normalized spacial score (nSPS) is 15.6. The molecule has 1 rings (SSSR count). The second-order valence-electron chi connectivity index (χ2n) is 2.19. The number of rotatable bonds is 0. The maximum Gasteiger partial charge on any atom is 0.202 e. The summed E-state index contributed by atoms with van der Waals surface area (Å²) in [5, 5.41) is 3.01.